The number of carbonyl (C=O) groups is 2. The predicted octanol–water partition coefficient (Wildman–Crippen LogP) is 0.281. The van der Waals surface area contributed by atoms with E-state index < -0.39 is 23.0 Å². The van der Waals surface area contributed by atoms with Gasteiger partial charge in [0.05, 0.1) is 24.5 Å². The van der Waals surface area contributed by atoms with Crippen molar-refractivity contribution < 1.29 is 23.8 Å². The Kier molecular flexibility index (Phi) is 5.73. The summed E-state index contributed by atoms with van der Waals surface area (Å²) in [5.74, 6) is -2.54. The Bertz CT molecular complexity index is 508. The van der Waals surface area contributed by atoms with Crippen LogP contribution in [0.2, 0.25) is 0 Å². The molecule has 110 valence electrons. The summed E-state index contributed by atoms with van der Waals surface area (Å²) >= 11 is 0. The number of ether oxygens (including phenoxy) is 1. The molecule has 0 aromatic heterocycles. The zero-order valence-corrected chi connectivity index (χ0v) is 10.9. The maximum absolute atomic E-state index is 13.2. The van der Waals surface area contributed by atoms with Gasteiger partial charge in [-0.25, -0.2) is 9.18 Å². The summed E-state index contributed by atoms with van der Waals surface area (Å²) < 4.78 is 18.0. The average Bonchev–Trinajstić information content (AvgIpc) is 2.40. The van der Waals surface area contributed by atoms with Gasteiger partial charge in [-0.3, -0.25) is 4.79 Å². The van der Waals surface area contributed by atoms with Gasteiger partial charge < -0.3 is 26.2 Å². The molecule has 0 radical (unpaired) electrons. The Labute approximate surface area is 114 Å². The topological polar surface area (TPSA) is 114 Å². The number of carboxylic acid groups (broad SMARTS) is 1. The summed E-state index contributed by atoms with van der Waals surface area (Å²) in [7, 11) is 1.50. The molecule has 7 nitrogen and oxygen atoms in total. The maximum atomic E-state index is 13.2. The van der Waals surface area contributed by atoms with Crippen LogP contribution in [0.25, 0.3) is 0 Å². The van der Waals surface area contributed by atoms with E-state index in [0.717, 1.165) is 6.07 Å². The zero-order chi connectivity index (χ0) is 15.1. The lowest BCUT2D eigenvalue weighted by Crippen LogP contribution is -2.32. The molecule has 5 N–H and O–H groups in total. The minimum absolute atomic E-state index is 0.0818. The Balaban J connectivity index is 2.71. The highest BCUT2D eigenvalue weighted by Gasteiger charge is 2.17. The Morgan fingerprint density at radius 1 is 1.45 bits per heavy atom. The Morgan fingerprint density at radius 3 is 2.75 bits per heavy atom. The fourth-order valence-corrected chi connectivity index (χ4v) is 1.50. The molecule has 0 spiro atoms. The molecule has 0 fully saturated rings. The van der Waals surface area contributed by atoms with Crippen molar-refractivity contribution in [2.75, 3.05) is 37.9 Å². The summed E-state index contributed by atoms with van der Waals surface area (Å²) in [6, 6.07) is 2.25. The van der Waals surface area contributed by atoms with Crippen LogP contribution in [0.1, 0.15) is 10.4 Å². The van der Waals surface area contributed by atoms with Crippen molar-refractivity contribution in [3.8, 4) is 0 Å². The molecule has 0 aliphatic carbocycles. The molecule has 0 saturated carbocycles. The van der Waals surface area contributed by atoms with E-state index in [1.54, 1.807) is 0 Å². The number of halogens is 1. The first kappa shape index (κ1) is 15.7. The van der Waals surface area contributed by atoms with Gasteiger partial charge in [0, 0.05) is 13.7 Å². The molecule has 0 unspecified atom stereocenters. The number of amides is 1. The summed E-state index contributed by atoms with van der Waals surface area (Å²) in [6.45, 7) is 0.555. The molecule has 0 aliphatic heterocycles. The number of nitrogens with two attached hydrogens (primary N) is 1. The second-order valence-corrected chi connectivity index (χ2v) is 3.89. The normalized spacial score (nSPS) is 10.1. The van der Waals surface area contributed by atoms with E-state index >= 15 is 0 Å². The van der Waals surface area contributed by atoms with E-state index in [1.165, 1.54) is 13.2 Å². The summed E-state index contributed by atoms with van der Waals surface area (Å²) in [6.07, 6.45) is 0. The summed E-state index contributed by atoms with van der Waals surface area (Å²) in [5, 5.41) is 14.2. The van der Waals surface area contributed by atoms with Crippen molar-refractivity contribution in [1.82, 2.24) is 5.32 Å². The third-order valence-corrected chi connectivity index (χ3v) is 2.47. The molecule has 1 rings (SSSR count). The molecule has 0 saturated heterocycles. The Hall–Kier alpha value is -2.35. The van der Waals surface area contributed by atoms with Gasteiger partial charge in [0.1, 0.15) is 11.4 Å². The van der Waals surface area contributed by atoms with Crippen LogP contribution in [-0.4, -0.2) is 43.8 Å². The lowest BCUT2D eigenvalue weighted by Gasteiger charge is -2.12. The smallest absolute Gasteiger partial charge is 0.340 e. The first-order valence-corrected chi connectivity index (χ1v) is 5.78. The summed E-state index contributed by atoms with van der Waals surface area (Å²) in [4.78, 5) is 22.5. The number of rotatable bonds is 7. The number of hydrogen-bond acceptors (Lipinski definition) is 5. The van der Waals surface area contributed by atoms with Crippen LogP contribution in [0, 0.1) is 5.82 Å². The van der Waals surface area contributed by atoms with Gasteiger partial charge in [-0.05, 0) is 12.1 Å². The van der Waals surface area contributed by atoms with Gasteiger partial charge >= 0.3 is 5.97 Å². The number of anilines is 2. The minimum atomic E-state index is -1.37. The Morgan fingerprint density at radius 2 is 2.15 bits per heavy atom. The lowest BCUT2D eigenvalue weighted by atomic mass is 10.1. The average molecular weight is 285 g/mol. The maximum Gasteiger partial charge on any atom is 0.340 e. The fraction of sp³-hybridized carbons (Fsp3) is 0.333. The molecular formula is C12H16FN3O4. The van der Waals surface area contributed by atoms with E-state index in [-0.39, 0.29) is 18.1 Å². The number of methoxy groups -OCH3 is 1. The largest absolute Gasteiger partial charge is 0.478 e. The molecule has 0 atom stereocenters. The van der Waals surface area contributed by atoms with Gasteiger partial charge in [0.15, 0.2) is 0 Å². The lowest BCUT2D eigenvalue weighted by molar-refractivity contribution is -0.119. The highest BCUT2D eigenvalue weighted by atomic mass is 19.1. The summed E-state index contributed by atoms with van der Waals surface area (Å²) in [5.41, 5.74) is 4.59. The number of nitrogen functional groups attached to an aromatic ring is 1. The highest BCUT2D eigenvalue weighted by molar-refractivity contribution is 6.00. The van der Waals surface area contributed by atoms with Crippen molar-refractivity contribution in [2.24, 2.45) is 0 Å². The van der Waals surface area contributed by atoms with Gasteiger partial charge in [-0.15, -0.1) is 0 Å². The van der Waals surface area contributed by atoms with E-state index in [1.807, 2.05) is 0 Å². The fourth-order valence-electron chi connectivity index (χ4n) is 1.50. The number of carboxylic acids is 1. The predicted molar refractivity (Wildman–Crippen MR) is 71.1 cm³/mol. The number of hydrogen-bond donors (Lipinski definition) is 4. The molecule has 0 aliphatic rings. The number of carbonyl (C=O) groups excluding carboxylic acids is 1. The van der Waals surface area contributed by atoms with Gasteiger partial charge in [-0.1, -0.05) is 0 Å². The second-order valence-electron chi connectivity index (χ2n) is 3.89. The van der Waals surface area contributed by atoms with Crippen LogP contribution in [0.3, 0.4) is 0 Å². The van der Waals surface area contributed by atoms with Crippen LogP contribution in [0.5, 0.6) is 0 Å². The van der Waals surface area contributed by atoms with E-state index in [4.69, 9.17) is 15.6 Å². The number of benzene rings is 1. The van der Waals surface area contributed by atoms with E-state index in [2.05, 4.69) is 10.6 Å². The SMILES string of the molecule is COCCNC(=O)CNc1ccc(F)c(N)c1C(=O)O. The van der Waals surface area contributed by atoms with Crippen molar-refractivity contribution >= 4 is 23.3 Å². The molecular weight excluding hydrogens is 269 g/mol. The molecule has 0 heterocycles. The van der Waals surface area contributed by atoms with Crippen LogP contribution in [0.4, 0.5) is 15.8 Å². The van der Waals surface area contributed by atoms with Crippen LogP contribution in [0.15, 0.2) is 12.1 Å². The van der Waals surface area contributed by atoms with Gasteiger partial charge in [-0.2, -0.15) is 0 Å². The standard InChI is InChI=1S/C12H16FN3O4/c1-20-5-4-15-9(17)6-16-8-3-2-7(13)11(14)10(8)12(18)19/h2-3,16H,4-6,14H2,1H3,(H,15,17)(H,18,19). The monoisotopic (exact) mass is 285 g/mol. The molecule has 0 bridgehead atoms. The van der Waals surface area contributed by atoms with E-state index in [9.17, 15) is 14.0 Å². The third kappa shape index (κ3) is 4.09. The van der Waals surface area contributed by atoms with Crippen LogP contribution in [-0.2, 0) is 9.53 Å². The van der Waals surface area contributed by atoms with Crippen LogP contribution < -0.4 is 16.4 Å². The molecule has 1 aromatic rings. The van der Waals surface area contributed by atoms with E-state index in [0.29, 0.717) is 13.2 Å². The first-order chi connectivity index (χ1) is 9.47. The number of aromatic carboxylic acids is 1. The minimum Gasteiger partial charge on any atom is -0.478 e. The van der Waals surface area contributed by atoms with Crippen molar-refractivity contribution in [2.45, 2.75) is 0 Å². The third-order valence-electron chi connectivity index (χ3n) is 2.47. The first-order valence-electron chi connectivity index (χ1n) is 5.78. The van der Waals surface area contributed by atoms with Crippen molar-refractivity contribution in [1.29, 1.82) is 0 Å². The second kappa shape index (κ2) is 7.29. The quantitative estimate of drug-likeness (QED) is 0.423. The van der Waals surface area contributed by atoms with Gasteiger partial charge in [0.25, 0.3) is 0 Å². The van der Waals surface area contributed by atoms with Crippen LogP contribution >= 0.6 is 0 Å². The number of nitrogens with one attached hydrogen (secondary N) is 2. The van der Waals surface area contributed by atoms with Crippen molar-refractivity contribution in [3.63, 3.8) is 0 Å². The molecule has 1 aromatic carbocycles. The highest BCUT2D eigenvalue weighted by Crippen LogP contribution is 2.24. The molecule has 8 heteroatoms. The molecule has 1 amide bonds. The van der Waals surface area contributed by atoms with Crippen molar-refractivity contribution in [3.05, 3.63) is 23.5 Å². The zero-order valence-electron chi connectivity index (χ0n) is 10.9. The molecule has 20 heavy (non-hydrogen) atoms. The van der Waals surface area contributed by atoms with Gasteiger partial charge in [0.2, 0.25) is 5.91 Å².